The van der Waals surface area contributed by atoms with Crippen LogP contribution in [0.4, 0.5) is 5.82 Å². The molecule has 2 heterocycles. The maximum Gasteiger partial charge on any atom is 0.339 e. The minimum absolute atomic E-state index is 0.0950. The second-order valence-corrected chi connectivity index (χ2v) is 5.52. The Morgan fingerprint density at radius 2 is 2.33 bits per heavy atom. The fourth-order valence-electron chi connectivity index (χ4n) is 2.29. The second kappa shape index (κ2) is 5.69. The summed E-state index contributed by atoms with van der Waals surface area (Å²) in [4.78, 5) is 11.1. The monoisotopic (exact) mass is 349 g/mol. The molecular formula is C14H12BrN3O3. The second-order valence-electron chi connectivity index (χ2n) is 4.60. The molecule has 21 heavy (non-hydrogen) atoms. The van der Waals surface area contributed by atoms with Gasteiger partial charge in [-0.2, -0.15) is 5.10 Å². The number of carbonyl (C=O) groups is 1. The van der Waals surface area contributed by atoms with Crippen LogP contribution in [0.15, 0.2) is 28.9 Å². The van der Waals surface area contributed by atoms with Crippen LogP contribution in [0, 0.1) is 0 Å². The number of fused-ring (bicyclic) bond motifs is 1. The van der Waals surface area contributed by atoms with Crippen LogP contribution in [-0.2, 0) is 13.0 Å². The number of nitrogens with one attached hydrogen (secondary N) is 1. The number of hydrogen-bond acceptors (Lipinski definition) is 5. The maximum atomic E-state index is 11.1. The molecule has 0 bridgehead atoms. The Labute approximate surface area is 129 Å². The van der Waals surface area contributed by atoms with Crippen LogP contribution in [0.1, 0.15) is 21.5 Å². The number of benzene rings is 1. The molecule has 0 aliphatic carbocycles. The third-order valence-corrected chi connectivity index (χ3v) is 3.68. The zero-order valence-electron chi connectivity index (χ0n) is 11.0. The number of nitrogens with zero attached hydrogens (tertiary/aromatic N) is 2. The highest BCUT2D eigenvalue weighted by molar-refractivity contribution is 9.10. The number of ether oxygens (including phenoxy) is 1. The van der Waals surface area contributed by atoms with E-state index >= 15 is 0 Å². The number of hydrogen-bond donors (Lipinski definition) is 2. The van der Waals surface area contributed by atoms with E-state index in [-0.39, 0.29) is 11.4 Å². The largest absolute Gasteiger partial charge is 0.493 e. The van der Waals surface area contributed by atoms with Crippen molar-refractivity contribution < 1.29 is 14.6 Å². The maximum absolute atomic E-state index is 11.1. The predicted molar refractivity (Wildman–Crippen MR) is 79.7 cm³/mol. The molecule has 7 heteroatoms. The van der Waals surface area contributed by atoms with E-state index in [1.165, 1.54) is 12.3 Å². The normalized spacial score (nSPS) is 12.6. The van der Waals surface area contributed by atoms with E-state index in [9.17, 15) is 4.79 Å². The van der Waals surface area contributed by atoms with Gasteiger partial charge in [0.15, 0.2) is 5.82 Å². The molecule has 0 amide bonds. The average molecular weight is 350 g/mol. The van der Waals surface area contributed by atoms with Gasteiger partial charge in [0.05, 0.1) is 12.8 Å². The Balaban J connectivity index is 1.85. The van der Waals surface area contributed by atoms with Gasteiger partial charge in [-0.15, -0.1) is 5.10 Å². The van der Waals surface area contributed by atoms with Crippen LogP contribution < -0.4 is 10.1 Å². The lowest BCUT2D eigenvalue weighted by Crippen LogP contribution is -2.09. The lowest BCUT2D eigenvalue weighted by Gasteiger charge is -2.11. The minimum atomic E-state index is -1.04. The van der Waals surface area contributed by atoms with Gasteiger partial charge in [-0.05, 0) is 23.8 Å². The summed E-state index contributed by atoms with van der Waals surface area (Å²) >= 11 is 3.47. The summed E-state index contributed by atoms with van der Waals surface area (Å²) in [7, 11) is 0. The van der Waals surface area contributed by atoms with Gasteiger partial charge in [-0.25, -0.2) is 4.79 Å². The highest BCUT2D eigenvalue weighted by Gasteiger charge is 2.18. The van der Waals surface area contributed by atoms with Gasteiger partial charge in [0.2, 0.25) is 0 Å². The first-order valence-corrected chi connectivity index (χ1v) is 7.17. The van der Waals surface area contributed by atoms with Crippen LogP contribution in [0.5, 0.6) is 5.75 Å². The lowest BCUT2D eigenvalue weighted by atomic mass is 10.1. The summed E-state index contributed by atoms with van der Waals surface area (Å²) in [5.74, 6) is 0.0753. The van der Waals surface area contributed by atoms with E-state index in [0.717, 1.165) is 27.8 Å². The Morgan fingerprint density at radius 3 is 3.14 bits per heavy atom. The van der Waals surface area contributed by atoms with Crippen LogP contribution in [0.25, 0.3) is 0 Å². The fraction of sp³-hybridized carbons (Fsp3) is 0.214. The van der Waals surface area contributed by atoms with Crippen molar-refractivity contribution in [1.29, 1.82) is 0 Å². The molecule has 6 nitrogen and oxygen atoms in total. The molecular weight excluding hydrogens is 338 g/mol. The lowest BCUT2D eigenvalue weighted by molar-refractivity contribution is 0.0697. The molecule has 0 unspecified atom stereocenters. The Bertz CT molecular complexity index is 706. The first-order valence-electron chi connectivity index (χ1n) is 6.38. The van der Waals surface area contributed by atoms with Gasteiger partial charge in [-0.3, -0.25) is 0 Å². The summed E-state index contributed by atoms with van der Waals surface area (Å²) in [5, 5.41) is 19.7. The van der Waals surface area contributed by atoms with Crippen molar-refractivity contribution in [2.75, 3.05) is 11.9 Å². The number of carboxylic acid groups (broad SMARTS) is 1. The highest BCUT2D eigenvalue weighted by atomic mass is 79.9. The smallest absolute Gasteiger partial charge is 0.339 e. The Morgan fingerprint density at radius 1 is 1.48 bits per heavy atom. The summed E-state index contributed by atoms with van der Waals surface area (Å²) in [6.45, 7) is 1.09. The van der Waals surface area contributed by atoms with Crippen molar-refractivity contribution in [2.24, 2.45) is 0 Å². The number of rotatable bonds is 4. The molecule has 1 aliphatic rings. The SMILES string of the molecule is O=C(O)c1ccnnc1NCc1cc(Br)cc2c1OCC2. The molecule has 1 aromatic carbocycles. The van der Waals surface area contributed by atoms with E-state index in [4.69, 9.17) is 9.84 Å². The minimum Gasteiger partial charge on any atom is -0.493 e. The summed E-state index contributed by atoms with van der Waals surface area (Å²) in [6.07, 6.45) is 2.24. The van der Waals surface area contributed by atoms with E-state index < -0.39 is 5.97 Å². The quantitative estimate of drug-likeness (QED) is 0.881. The third kappa shape index (κ3) is 2.82. The predicted octanol–water partition coefficient (Wildman–Crippen LogP) is 2.48. The molecule has 0 radical (unpaired) electrons. The average Bonchev–Trinajstić information content (AvgIpc) is 2.93. The van der Waals surface area contributed by atoms with Crippen LogP contribution in [-0.4, -0.2) is 27.9 Å². The summed E-state index contributed by atoms with van der Waals surface area (Å²) in [6, 6.07) is 5.41. The molecule has 108 valence electrons. The van der Waals surface area contributed by atoms with E-state index in [2.05, 4.69) is 31.4 Å². The molecule has 0 atom stereocenters. The molecule has 1 aliphatic heterocycles. The van der Waals surface area contributed by atoms with E-state index in [1.54, 1.807) is 0 Å². The van der Waals surface area contributed by atoms with E-state index in [0.29, 0.717) is 13.2 Å². The number of halogens is 1. The van der Waals surface area contributed by atoms with Gasteiger partial charge < -0.3 is 15.2 Å². The summed E-state index contributed by atoms with van der Waals surface area (Å²) in [5.41, 5.74) is 2.20. The first-order chi connectivity index (χ1) is 10.1. The molecule has 0 saturated carbocycles. The third-order valence-electron chi connectivity index (χ3n) is 3.22. The van der Waals surface area contributed by atoms with Gasteiger partial charge in [-0.1, -0.05) is 15.9 Å². The molecule has 3 rings (SSSR count). The van der Waals surface area contributed by atoms with Crippen molar-refractivity contribution in [1.82, 2.24) is 10.2 Å². The van der Waals surface area contributed by atoms with Crippen molar-refractivity contribution in [3.63, 3.8) is 0 Å². The van der Waals surface area contributed by atoms with Crippen molar-refractivity contribution in [3.05, 3.63) is 45.6 Å². The van der Waals surface area contributed by atoms with Crippen molar-refractivity contribution >= 4 is 27.7 Å². The number of aromatic carboxylic acids is 1. The molecule has 1 aromatic heterocycles. The topological polar surface area (TPSA) is 84.3 Å². The molecule has 2 aromatic rings. The fourth-order valence-corrected chi connectivity index (χ4v) is 2.84. The van der Waals surface area contributed by atoms with Crippen molar-refractivity contribution in [3.8, 4) is 5.75 Å². The zero-order valence-corrected chi connectivity index (χ0v) is 12.6. The Kier molecular flexibility index (Phi) is 3.74. The van der Waals surface area contributed by atoms with E-state index in [1.807, 2.05) is 12.1 Å². The van der Waals surface area contributed by atoms with Gasteiger partial charge in [0, 0.05) is 23.0 Å². The van der Waals surface area contributed by atoms with Crippen LogP contribution in [0.3, 0.4) is 0 Å². The van der Waals surface area contributed by atoms with Crippen molar-refractivity contribution in [2.45, 2.75) is 13.0 Å². The first kappa shape index (κ1) is 13.8. The number of anilines is 1. The molecule has 2 N–H and O–H groups in total. The highest BCUT2D eigenvalue weighted by Crippen LogP contribution is 2.33. The van der Waals surface area contributed by atoms with Gasteiger partial charge in [0.1, 0.15) is 11.3 Å². The van der Waals surface area contributed by atoms with Crippen LogP contribution in [0.2, 0.25) is 0 Å². The Hall–Kier alpha value is -2.15. The molecule has 0 saturated heterocycles. The molecule has 0 fully saturated rings. The molecule has 0 spiro atoms. The standard InChI is InChI=1S/C14H12BrN3O3/c15-10-5-8-2-4-21-12(8)9(6-10)7-16-13-11(14(19)20)1-3-17-18-13/h1,3,5-6H,2,4,7H2,(H,16,18)(H,19,20). The summed E-state index contributed by atoms with van der Waals surface area (Å²) < 4.78 is 6.61. The van der Waals surface area contributed by atoms with Crippen LogP contribution >= 0.6 is 15.9 Å². The number of aromatic nitrogens is 2. The van der Waals surface area contributed by atoms with Gasteiger partial charge in [0.25, 0.3) is 0 Å². The number of carboxylic acids is 1. The zero-order chi connectivity index (χ0) is 14.8. The van der Waals surface area contributed by atoms with Gasteiger partial charge >= 0.3 is 5.97 Å².